The van der Waals surface area contributed by atoms with Crippen molar-refractivity contribution in [2.75, 3.05) is 10.6 Å². The van der Waals surface area contributed by atoms with Crippen molar-refractivity contribution in [2.24, 2.45) is 13.0 Å². The van der Waals surface area contributed by atoms with Gasteiger partial charge < -0.3 is 15.4 Å². The minimum Gasteiger partial charge on any atom is -0.374 e. The van der Waals surface area contributed by atoms with Crippen molar-refractivity contribution >= 4 is 23.0 Å². The van der Waals surface area contributed by atoms with Crippen molar-refractivity contribution in [1.29, 1.82) is 0 Å². The van der Waals surface area contributed by atoms with Crippen LogP contribution in [0.2, 0.25) is 0 Å². The molecule has 2 saturated heterocycles. The fraction of sp³-hybridized carbons (Fsp3) is 0.412. The van der Waals surface area contributed by atoms with E-state index in [9.17, 15) is 4.79 Å². The first-order valence-electron chi connectivity index (χ1n) is 7.99. The van der Waals surface area contributed by atoms with Gasteiger partial charge in [0.05, 0.1) is 30.0 Å². The Morgan fingerprint density at radius 1 is 1.30 bits per heavy atom. The Morgan fingerprint density at radius 3 is 2.87 bits per heavy atom. The lowest BCUT2D eigenvalue weighted by atomic mass is 9.88. The van der Waals surface area contributed by atoms with E-state index in [0.717, 1.165) is 36.3 Å². The highest BCUT2D eigenvalue weighted by atomic mass is 16.5. The fourth-order valence-corrected chi connectivity index (χ4v) is 3.48. The molecular formula is C17H20N4O2. The third-order valence-corrected chi connectivity index (χ3v) is 4.57. The van der Waals surface area contributed by atoms with Crippen LogP contribution in [0.1, 0.15) is 19.3 Å². The lowest BCUT2D eigenvalue weighted by Crippen LogP contribution is -2.30. The number of hydrogen-bond acceptors (Lipinski definition) is 4. The number of aromatic nitrogens is 2. The molecule has 3 heterocycles. The van der Waals surface area contributed by atoms with Crippen molar-refractivity contribution in [2.45, 2.75) is 31.5 Å². The van der Waals surface area contributed by atoms with Crippen LogP contribution < -0.4 is 10.6 Å². The van der Waals surface area contributed by atoms with Crippen molar-refractivity contribution in [3.63, 3.8) is 0 Å². The Balaban J connectivity index is 1.43. The summed E-state index contributed by atoms with van der Waals surface area (Å²) in [7, 11) is 1.87. The maximum atomic E-state index is 12.5. The average Bonchev–Trinajstić information content (AvgIpc) is 3.24. The first-order valence-corrected chi connectivity index (χ1v) is 7.99. The van der Waals surface area contributed by atoms with Gasteiger partial charge in [-0.15, -0.1) is 0 Å². The van der Waals surface area contributed by atoms with E-state index in [1.807, 2.05) is 37.5 Å². The summed E-state index contributed by atoms with van der Waals surface area (Å²) in [4.78, 5) is 12.5. The number of anilines is 3. The monoisotopic (exact) mass is 312 g/mol. The topological polar surface area (TPSA) is 68.2 Å². The van der Waals surface area contributed by atoms with Gasteiger partial charge in [-0.05, 0) is 37.5 Å². The van der Waals surface area contributed by atoms with Crippen LogP contribution in [0.15, 0.2) is 36.7 Å². The molecule has 2 N–H and O–H groups in total. The van der Waals surface area contributed by atoms with Crippen LogP contribution in [0.3, 0.4) is 0 Å². The number of carbonyl (C=O) groups excluding carboxylic acids is 1. The number of ether oxygens (including phenoxy) is 1. The summed E-state index contributed by atoms with van der Waals surface area (Å²) in [6.07, 6.45) is 7.01. The van der Waals surface area contributed by atoms with Gasteiger partial charge in [-0.2, -0.15) is 5.10 Å². The number of nitrogens with one attached hydrogen (secondary N) is 2. The first kappa shape index (κ1) is 14.3. The summed E-state index contributed by atoms with van der Waals surface area (Å²) in [5.74, 6) is 0.0550. The second-order valence-corrected chi connectivity index (χ2v) is 6.31. The third kappa shape index (κ3) is 2.94. The van der Waals surface area contributed by atoms with Gasteiger partial charge in [-0.3, -0.25) is 9.48 Å². The maximum absolute atomic E-state index is 12.5. The molecule has 2 bridgehead atoms. The maximum Gasteiger partial charge on any atom is 0.230 e. The van der Waals surface area contributed by atoms with Gasteiger partial charge in [0.25, 0.3) is 0 Å². The Bertz CT molecular complexity index is 727. The molecule has 4 rings (SSSR count). The van der Waals surface area contributed by atoms with Crippen LogP contribution in [0, 0.1) is 5.92 Å². The van der Waals surface area contributed by atoms with Gasteiger partial charge in [-0.25, -0.2) is 0 Å². The number of hydrogen-bond donors (Lipinski definition) is 2. The van der Waals surface area contributed by atoms with Crippen molar-refractivity contribution < 1.29 is 9.53 Å². The van der Waals surface area contributed by atoms with E-state index < -0.39 is 0 Å². The van der Waals surface area contributed by atoms with Crippen LogP contribution in [-0.4, -0.2) is 27.9 Å². The molecule has 1 amide bonds. The zero-order valence-electron chi connectivity index (χ0n) is 13.0. The van der Waals surface area contributed by atoms with E-state index in [1.165, 1.54) is 0 Å². The number of nitrogens with zero attached hydrogens (tertiary/aromatic N) is 2. The van der Waals surface area contributed by atoms with Gasteiger partial charge >= 0.3 is 0 Å². The summed E-state index contributed by atoms with van der Waals surface area (Å²) >= 11 is 0. The standard InChI is InChI=1S/C17H20N4O2/c1-21-10-13(9-18-21)19-11-3-2-4-12(7-11)20-17(22)15-8-14-5-6-16(15)23-14/h2-4,7,9-10,14-16,19H,5-6,8H2,1H3,(H,20,22)/t14-,15+,16-/m1/s1. The van der Waals surface area contributed by atoms with E-state index in [1.54, 1.807) is 10.9 Å². The lowest BCUT2D eigenvalue weighted by molar-refractivity contribution is -0.121. The number of fused-ring (bicyclic) bond motifs is 2. The van der Waals surface area contributed by atoms with Gasteiger partial charge in [0, 0.05) is 24.6 Å². The lowest BCUT2D eigenvalue weighted by Gasteiger charge is -2.18. The van der Waals surface area contributed by atoms with E-state index in [0.29, 0.717) is 0 Å². The highest BCUT2D eigenvalue weighted by Gasteiger charge is 2.44. The van der Waals surface area contributed by atoms with Gasteiger partial charge in [0.2, 0.25) is 5.91 Å². The Kier molecular flexibility index (Phi) is 3.53. The normalized spacial score (nSPS) is 25.5. The molecule has 2 aliphatic rings. The molecule has 0 aliphatic carbocycles. The highest BCUT2D eigenvalue weighted by molar-refractivity contribution is 5.93. The zero-order chi connectivity index (χ0) is 15.8. The number of aryl methyl sites for hydroxylation is 1. The molecule has 2 aliphatic heterocycles. The minimum atomic E-state index is -0.0105. The van der Waals surface area contributed by atoms with E-state index in [2.05, 4.69) is 15.7 Å². The summed E-state index contributed by atoms with van der Waals surface area (Å²) in [6, 6.07) is 7.72. The molecule has 1 aromatic carbocycles. The molecule has 6 heteroatoms. The molecule has 2 aromatic rings. The molecule has 0 saturated carbocycles. The molecule has 0 unspecified atom stereocenters. The quantitative estimate of drug-likeness (QED) is 0.911. The average molecular weight is 312 g/mol. The fourth-order valence-electron chi connectivity index (χ4n) is 3.48. The molecule has 3 atom stereocenters. The van der Waals surface area contributed by atoms with Crippen LogP contribution in [-0.2, 0) is 16.6 Å². The molecule has 6 nitrogen and oxygen atoms in total. The summed E-state index contributed by atoms with van der Waals surface area (Å²) in [5.41, 5.74) is 2.63. The Morgan fingerprint density at radius 2 is 2.17 bits per heavy atom. The summed E-state index contributed by atoms with van der Waals surface area (Å²) in [5, 5.41) is 10.4. The van der Waals surface area contributed by atoms with Crippen LogP contribution in [0.5, 0.6) is 0 Å². The molecule has 2 fully saturated rings. The minimum absolute atomic E-state index is 0.0105. The Hall–Kier alpha value is -2.34. The SMILES string of the molecule is Cn1cc(Nc2cccc(NC(=O)[C@H]3C[C@H]4CC[C@H]3O4)c2)cn1. The second kappa shape index (κ2) is 5.70. The third-order valence-electron chi connectivity index (χ3n) is 4.57. The first-order chi connectivity index (χ1) is 11.2. The summed E-state index contributed by atoms with van der Waals surface area (Å²) < 4.78 is 7.51. The van der Waals surface area contributed by atoms with E-state index in [4.69, 9.17) is 4.74 Å². The van der Waals surface area contributed by atoms with Crippen molar-refractivity contribution in [3.8, 4) is 0 Å². The molecule has 0 spiro atoms. The molecular weight excluding hydrogens is 292 g/mol. The second-order valence-electron chi connectivity index (χ2n) is 6.31. The number of rotatable bonds is 4. The molecule has 120 valence electrons. The van der Waals surface area contributed by atoms with Gasteiger partial charge in [0.15, 0.2) is 0 Å². The summed E-state index contributed by atoms with van der Waals surface area (Å²) in [6.45, 7) is 0. The highest BCUT2D eigenvalue weighted by Crippen LogP contribution is 2.39. The number of carbonyl (C=O) groups is 1. The van der Waals surface area contributed by atoms with E-state index in [-0.39, 0.29) is 24.0 Å². The predicted octanol–water partition coefficient (Wildman–Crippen LogP) is 2.67. The van der Waals surface area contributed by atoms with Crippen LogP contribution in [0.4, 0.5) is 17.1 Å². The van der Waals surface area contributed by atoms with Crippen molar-refractivity contribution in [1.82, 2.24) is 9.78 Å². The number of amides is 1. The van der Waals surface area contributed by atoms with Crippen LogP contribution >= 0.6 is 0 Å². The van der Waals surface area contributed by atoms with E-state index >= 15 is 0 Å². The van der Waals surface area contributed by atoms with Crippen LogP contribution in [0.25, 0.3) is 0 Å². The zero-order valence-corrected chi connectivity index (χ0v) is 13.0. The smallest absolute Gasteiger partial charge is 0.230 e. The van der Waals surface area contributed by atoms with Crippen molar-refractivity contribution in [3.05, 3.63) is 36.7 Å². The Labute approximate surface area is 134 Å². The molecule has 1 aromatic heterocycles. The molecule has 0 radical (unpaired) electrons. The number of benzene rings is 1. The molecule has 23 heavy (non-hydrogen) atoms. The van der Waals surface area contributed by atoms with Gasteiger partial charge in [-0.1, -0.05) is 6.07 Å². The van der Waals surface area contributed by atoms with Gasteiger partial charge in [0.1, 0.15) is 0 Å². The predicted molar refractivity (Wildman–Crippen MR) is 87.6 cm³/mol. The largest absolute Gasteiger partial charge is 0.374 e.